The van der Waals surface area contributed by atoms with Crippen LogP contribution < -0.4 is 10.6 Å². The normalized spacial score (nSPS) is 37.2. The fraction of sp³-hybridized carbons (Fsp3) is 0.917. The number of carbonyl (C=O) groups is 1. The number of urea groups is 1. The average Bonchev–Trinajstić information content (AvgIpc) is 3.03. The second-order valence-electron chi connectivity index (χ2n) is 5.60. The number of piperidine rings is 1. The molecule has 2 bridgehead atoms. The fourth-order valence-corrected chi connectivity index (χ4v) is 3.01. The smallest absolute Gasteiger partial charge is 0.317 e. The van der Waals surface area contributed by atoms with Crippen molar-refractivity contribution >= 4 is 6.03 Å². The zero-order chi connectivity index (χ0) is 11.1. The first-order valence-corrected chi connectivity index (χ1v) is 6.52. The van der Waals surface area contributed by atoms with Gasteiger partial charge < -0.3 is 15.5 Å². The first-order chi connectivity index (χ1) is 7.72. The summed E-state index contributed by atoms with van der Waals surface area (Å²) in [7, 11) is 1.95. The first-order valence-electron chi connectivity index (χ1n) is 6.52. The molecule has 1 aliphatic carbocycles. The Balaban J connectivity index is 1.56. The predicted octanol–water partition coefficient (Wildman–Crippen LogP) is 1.07. The Hall–Kier alpha value is -0.770. The molecule has 3 aliphatic rings. The average molecular weight is 223 g/mol. The van der Waals surface area contributed by atoms with Crippen LogP contribution in [0.25, 0.3) is 0 Å². The maximum absolute atomic E-state index is 11.9. The summed E-state index contributed by atoms with van der Waals surface area (Å²) in [6, 6.07) is 2.35. The van der Waals surface area contributed by atoms with Crippen LogP contribution in [0.4, 0.5) is 4.79 Å². The van der Waals surface area contributed by atoms with Crippen molar-refractivity contribution < 1.29 is 4.79 Å². The lowest BCUT2D eigenvalue weighted by atomic mass is 9.99. The van der Waals surface area contributed by atoms with Gasteiger partial charge in [0.2, 0.25) is 0 Å². The second-order valence-corrected chi connectivity index (χ2v) is 5.60. The van der Waals surface area contributed by atoms with E-state index in [1.807, 2.05) is 11.9 Å². The molecule has 16 heavy (non-hydrogen) atoms. The van der Waals surface area contributed by atoms with Gasteiger partial charge in [-0.3, -0.25) is 0 Å². The summed E-state index contributed by atoms with van der Waals surface area (Å²) >= 11 is 0. The minimum Gasteiger partial charge on any atom is -0.335 e. The number of hydrogen-bond acceptors (Lipinski definition) is 2. The molecule has 2 saturated heterocycles. The number of amides is 2. The van der Waals surface area contributed by atoms with Crippen molar-refractivity contribution in [2.24, 2.45) is 0 Å². The van der Waals surface area contributed by atoms with Crippen LogP contribution in [-0.4, -0.2) is 42.1 Å². The van der Waals surface area contributed by atoms with Crippen molar-refractivity contribution in [1.82, 2.24) is 15.5 Å². The van der Waals surface area contributed by atoms with Crippen LogP contribution in [0, 0.1) is 0 Å². The van der Waals surface area contributed by atoms with Crippen LogP contribution in [0.2, 0.25) is 0 Å². The van der Waals surface area contributed by atoms with E-state index in [0.29, 0.717) is 24.2 Å². The zero-order valence-electron chi connectivity index (χ0n) is 9.91. The van der Waals surface area contributed by atoms with Gasteiger partial charge in [0.25, 0.3) is 0 Å². The van der Waals surface area contributed by atoms with Gasteiger partial charge in [0.15, 0.2) is 0 Å². The maximum Gasteiger partial charge on any atom is 0.317 e. The Labute approximate surface area is 96.8 Å². The molecule has 2 unspecified atom stereocenters. The zero-order valence-corrected chi connectivity index (χ0v) is 9.91. The molecule has 4 heteroatoms. The molecule has 0 aromatic heterocycles. The predicted molar refractivity (Wildman–Crippen MR) is 62.3 cm³/mol. The molecular formula is C12H21N3O. The van der Waals surface area contributed by atoms with Gasteiger partial charge >= 0.3 is 6.03 Å². The molecule has 3 fully saturated rings. The Morgan fingerprint density at radius 2 is 1.81 bits per heavy atom. The van der Waals surface area contributed by atoms with Gasteiger partial charge in [-0.15, -0.1) is 0 Å². The van der Waals surface area contributed by atoms with Gasteiger partial charge in [0.05, 0.1) is 0 Å². The summed E-state index contributed by atoms with van der Waals surface area (Å²) in [5.74, 6) is 0. The minimum atomic E-state index is 0.133. The Bertz CT molecular complexity index is 278. The van der Waals surface area contributed by atoms with Gasteiger partial charge in [-0.25, -0.2) is 4.79 Å². The Kier molecular flexibility index (Phi) is 2.54. The number of rotatable bonds is 2. The molecule has 2 heterocycles. The highest BCUT2D eigenvalue weighted by molar-refractivity contribution is 5.75. The monoisotopic (exact) mass is 223 g/mol. The lowest BCUT2D eigenvalue weighted by Gasteiger charge is -2.35. The SMILES string of the molecule is CN(C(=O)NC1CC1)C1CC2CCC(C1)N2. The number of hydrogen-bond donors (Lipinski definition) is 2. The van der Waals surface area contributed by atoms with E-state index >= 15 is 0 Å². The highest BCUT2D eigenvalue weighted by Gasteiger charge is 2.37. The molecule has 0 aromatic rings. The summed E-state index contributed by atoms with van der Waals surface area (Å²) in [4.78, 5) is 13.9. The highest BCUT2D eigenvalue weighted by atomic mass is 16.2. The van der Waals surface area contributed by atoms with Crippen LogP contribution in [-0.2, 0) is 0 Å². The molecule has 90 valence electrons. The topological polar surface area (TPSA) is 44.4 Å². The summed E-state index contributed by atoms with van der Waals surface area (Å²) in [6.07, 6.45) is 7.17. The van der Waals surface area contributed by atoms with E-state index < -0.39 is 0 Å². The summed E-state index contributed by atoms with van der Waals surface area (Å²) in [5.41, 5.74) is 0. The fourth-order valence-electron chi connectivity index (χ4n) is 3.01. The largest absolute Gasteiger partial charge is 0.335 e. The molecule has 2 aliphatic heterocycles. The van der Waals surface area contributed by atoms with E-state index in [4.69, 9.17) is 0 Å². The van der Waals surface area contributed by atoms with Gasteiger partial charge in [0, 0.05) is 31.2 Å². The van der Waals surface area contributed by atoms with Crippen molar-refractivity contribution in [2.75, 3.05) is 7.05 Å². The molecular weight excluding hydrogens is 202 g/mol. The second kappa shape index (κ2) is 3.91. The van der Waals surface area contributed by atoms with E-state index in [1.165, 1.54) is 12.8 Å². The van der Waals surface area contributed by atoms with Crippen molar-refractivity contribution in [2.45, 2.75) is 62.7 Å². The van der Waals surface area contributed by atoms with Crippen molar-refractivity contribution in [3.8, 4) is 0 Å². The van der Waals surface area contributed by atoms with E-state index in [9.17, 15) is 4.79 Å². The molecule has 2 amide bonds. The van der Waals surface area contributed by atoms with Gasteiger partial charge in [-0.05, 0) is 38.5 Å². The summed E-state index contributed by atoms with van der Waals surface area (Å²) in [6.45, 7) is 0. The standard InChI is InChI=1S/C12H21N3O/c1-15(12(16)14-8-2-3-8)11-6-9-4-5-10(7-11)13-9/h8-11,13H,2-7H2,1H3,(H,14,16). The molecule has 2 N–H and O–H groups in total. The third kappa shape index (κ3) is 2.03. The third-order valence-electron chi connectivity index (χ3n) is 4.22. The Morgan fingerprint density at radius 3 is 2.38 bits per heavy atom. The summed E-state index contributed by atoms with van der Waals surface area (Å²) < 4.78 is 0. The van der Waals surface area contributed by atoms with Crippen molar-refractivity contribution in [3.05, 3.63) is 0 Å². The molecule has 2 atom stereocenters. The van der Waals surface area contributed by atoms with Crippen LogP contribution in [0.15, 0.2) is 0 Å². The first kappa shape index (κ1) is 10.4. The lowest BCUT2D eigenvalue weighted by Crippen LogP contribution is -2.51. The van der Waals surface area contributed by atoms with Crippen molar-refractivity contribution in [1.29, 1.82) is 0 Å². The van der Waals surface area contributed by atoms with Gasteiger partial charge in [-0.1, -0.05) is 0 Å². The van der Waals surface area contributed by atoms with E-state index in [1.54, 1.807) is 0 Å². The lowest BCUT2D eigenvalue weighted by molar-refractivity contribution is 0.164. The minimum absolute atomic E-state index is 0.133. The third-order valence-corrected chi connectivity index (χ3v) is 4.22. The molecule has 4 nitrogen and oxygen atoms in total. The molecule has 3 rings (SSSR count). The number of fused-ring (bicyclic) bond motifs is 2. The maximum atomic E-state index is 11.9. The quantitative estimate of drug-likeness (QED) is 0.735. The highest BCUT2D eigenvalue weighted by Crippen LogP contribution is 2.29. The number of nitrogens with one attached hydrogen (secondary N) is 2. The number of carbonyl (C=O) groups excluding carboxylic acids is 1. The number of nitrogens with zero attached hydrogens (tertiary/aromatic N) is 1. The van der Waals surface area contributed by atoms with Crippen LogP contribution in [0.1, 0.15) is 38.5 Å². The van der Waals surface area contributed by atoms with Crippen LogP contribution in [0.5, 0.6) is 0 Å². The molecule has 1 saturated carbocycles. The van der Waals surface area contributed by atoms with Crippen LogP contribution in [0.3, 0.4) is 0 Å². The molecule has 0 spiro atoms. The molecule has 0 aromatic carbocycles. The van der Waals surface area contributed by atoms with Crippen molar-refractivity contribution in [3.63, 3.8) is 0 Å². The van der Waals surface area contributed by atoms with E-state index in [0.717, 1.165) is 25.7 Å². The van der Waals surface area contributed by atoms with Gasteiger partial charge in [0.1, 0.15) is 0 Å². The van der Waals surface area contributed by atoms with E-state index in [-0.39, 0.29) is 6.03 Å². The van der Waals surface area contributed by atoms with E-state index in [2.05, 4.69) is 10.6 Å². The van der Waals surface area contributed by atoms with Crippen LogP contribution >= 0.6 is 0 Å². The summed E-state index contributed by atoms with van der Waals surface area (Å²) in [5, 5.41) is 6.68. The van der Waals surface area contributed by atoms with Gasteiger partial charge in [-0.2, -0.15) is 0 Å². The molecule has 0 radical (unpaired) electrons. The Morgan fingerprint density at radius 1 is 1.19 bits per heavy atom.